The van der Waals surface area contributed by atoms with Gasteiger partial charge in [-0.2, -0.15) is 0 Å². The summed E-state index contributed by atoms with van der Waals surface area (Å²) in [5.41, 5.74) is 3.32. The van der Waals surface area contributed by atoms with Gasteiger partial charge in [0.25, 0.3) is 0 Å². The molecule has 1 aliphatic carbocycles. The summed E-state index contributed by atoms with van der Waals surface area (Å²) < 4.78 is 5.54. The Kier molecular flexibility index (Phi) is 3.88. The Hall–Kier alpha value is -1.44. The van der Waals surface area contributed by atoms with Crippen molar-refractivity contribution >= 4 is 5.57 Å². The third-order valence-corrected chi connectivity index (χ3v) is 3.73. The Labute approximate surface area is 116 Å². The van der Waals surface area contributed by atoms with Crippen molar-refractivity contribution in [3.63, 3.8) is 0 Å². The van der Waals surface area contributed by atoms with Gasteiger partial charge in [-0.25, -0.2) is 0 Å². The minimum atomic E-state index is -0.105. The second-order valence-corrected chi connectivity index (χ2v) is 6.26. The Morgan fingerprint density at radius 2 is 1.89 bits per heavy atom. The van der Waals surface area contributed by atoms with Gasteiger partial charge in [0.1, 0.15) is 11.5 Å². The third-order valence-electron chi connectivity index (χ3n) is 3.73. The summed E-state index contributed by atoms with van der Waals surface area (Å²) in [6.07, 6.45) is 6.97. The van der Waals surface area contributed by atoms with Crippen molar-refractivity contribution in [1.82, 2.24) is 0 Å². The molecule has 0 bridgehead atoms. The number of methoxy groups -OCH3 is 1. The van der Waals surface area contributed by atoms with E-state index < -0.39 is 0 Å². The lowest BCUT2D eigenvalue weighted by atomic mass is 9.78. The van der Waals surface area contributed by atoms with Gasteiger partial charge in [-0.3, -0.25) is 0 Å². The second kappa shape index (κ2) is 5.28. The van der Waals surface area contributed by atoms with Gasteiger partial charge in [0.2, 0.25) is 0 Å². The molecule has 1 aromatic carbocycles. The van der Waals surface area contributed by atoms with Crippen LogP contribution in [-0.2, 0) is 5.41 Å². The summed E-state index contributed by atoms with van der Waals surface area (Å²) in [6, 6.07) is 3.61. The van der Waals surface area contributed by atoms with Crippen LogP contribution in [0.1, 0.15) is 57.6 Å². The predicted octanol–water partition coefficient (Wildman–Crippen LogP) is 4.66. The average Bonchev–Trinajstić information content (AvgIpc) is 2.38. The van der Waals surface area contributed by atoms with Crippen molar-refractivity contribution < 1.29 is 9.84 Å². The zero-order chi connectivity index (χ0) is 14.0. The van der Waals surface area contributed by atoms with E-state index in [-0.39, 0.29) is 5.41 Å². The average molecular weight is 260 g/mol. The van der Waals surface area contributed by atoms with Gasteiger partial charge >= 0.3 is 0 Å². The first-order valence-electron chi connectivity index (χ1n) is 7.05. The first kappa shape index (κ1) is 14.0. The van der Waals surface area contributed by atoms with Crippen molar-refractivity contribution in [2.24, 2.45) is 0 Å². The Bertz CT molecular complexity index is 493. The monoisotopic (exact) mass is 260 g/mol. The molecule has 0 saturated heterocycles. The molecular formula is C17H24O2. The number of phenols is 1. The molecule has 2 heteroatoms. The molecule has 0 spiro atoms. The molecule has 2 rings (SSSR count). The van der Waals surface area contributed by atoms with Gasteiger partial charge in [-0.1, -0.05) is 26.8 Å². The maximum Gasteiger partial charge on any atom is 0.126 e. The molecule has 0 saturated carbocycles. The Balaban J connectivity index is 2.67. The lowest BCUT2D eigenvalue weighted by Gasteiger charge is -2.28. The molecule has 0 aliphatic heterocycles. The van der Waals surface area contributed by atoms with Gasteiger partial charge in [-0.15, -0.1) is 0 Å². The van der Waals surface area contributed by atoms with Gasteiger partial charge in [0.15, 0.2) is 0 Å². The van der Waals surface area contributed by atoms with E-state index in [1.807, 2.05) is 6.07 Å². The van der Waals surface area contributed by atoms with Crippen LogP contribution >= 0.6 is 0 Å². The van der Waals surface area contributed by atoms with Crippen molar-refractivity contribution in [2.75, 3.05) is 7.11 Å². The first-order valence-corrected chi connectivity index (χ1v) is 7.05. The molecule has 0 aromatic heterocycles. The topological polar surface area (TPSA) is 29.5 Å². The Morgan fingerprint density at radius 1 is 1.16 bits per heavy atom. The molecule has 0 heterocycles. The smallest absolute Gasteiger partial charge is 0.126 e. The number of rotatable bonds is 2. The van der Waals surface area contributed by atoms with Gasteiger partial charge in [-0.05, 0) is 48.8 Å². The molecule has 1 N–H and O–H groups in total. The van der Waals surface area contributed by atoms with Crippen LogP contribution in [0, 0.1) is 0 Å². The fraction of sp³-hybridized carbons (Fsp3) is 0.529. The van der Waals surface area contributed by atoms with Gasteiger partial charge < -0.3 is 9.84 Å². The summed E-state index contributed by atoms with van der Waals surface area (Å²) in [4.78, 5) is 0. The fourth-order valence-corrected chi connectivity index (χ4v) is 2.89. The standard InChI is InChI=1S/C17H24O2/c1-17(2,3)16-13(18)10-11-14(19-4)15(16)12-8-6-5-7-9-12/h8,10-11,18H,5-7,9H2,1-4H3. The number of aromatic hydroxyl groups is 1. The van der Waals surface area contributed by atoms with Crippen LogP contribution in [0.3, 0.4) is 0 Å². The van der Waals surface area contributed by atoms with E-state index in [9.17, 15) is 5.11 Å². The number of benzene rings is 1. The summed E-state index contributed by atoms with van der Waals surface area (Å²) in [7, 11) is 1.70. The van der Waals surface area contributed by atoms with E-state index in [1.54, 1.807) is 13.2 Å². The largest absolute Gasteiger partial charge is 0.508 e. The van der Waals surface area contributed by atoms with Crippen molar-refractivity contribution in [3.8, 4) is 11.5 Å². The highest BCUT2D eigenvalue weighted by Crippen LogP contribution is 2.44. The minimum Gasteiger partial charge on any atom is -0.508 e. The summed E-state index contributed by atoms with van der Waals surface area (Å²) in [6.45, 7) is 6.40. The summed E-state index contributed by atoms with van der Waals surface area (Å²) >= 11 is 0. The van der Waals surface area contributed by atoms with Gasteiger partial charge in [0.05, 0.1) is 7.11 Å². The van der Waals surface area contributed by atoms with Crippen LogP contribution in [0.5, 0.6) is 11.5 Å². The SMILES string of the molecule is COc1ccc(O)c(C(C)(C)C)c1C1=CCCCC1. The van der Waals surface area contributed by atoms with E-state index in [0.717, 1.165) is 29.7 Å². The molecule has 2 nitrogen and oxygen atoms in total. The van der Waals surface area contributed by atoms with Crippen LogP contribution < -0.4 is 4.74 Å². The van der Waals surface area contributed by atoms with Crippen molar-refractivity contribution in [3.05, 3.63) is 29.3 Å². The first-order chi connectivity index (χ1) is 8.95. The van der Waals surface area contributed by atoms with Crippen LogP contribution in [0.2, 0.25) is 0 Å². The van der Waals surface area contributed by atoms with Crippen LogP contribution in [-0.4, -0.2) is 12.2 Å². The fourth-order valence-electron chi connectivity index (χ4n) is 2.89. The van der Waals surface area contributed by atoms with Crippen LogP contribution in [0.4, 0.5) is 0 Å². The maximum atomic E-state index is 10.3. The quantitative estimate of drug-likeness (QED) is 0.838. The number of hydrogen-bond donors (Lipinski definition) is 1. The van der Waals surface area contributed by atoms with E-state index in [1.165, 1.54) is 18.4 Å². The molecule has 0 radical (unpaired) electrons. The summed E-state index contributed by atoms with van der Waals surface area (Å²) in [5, 5.41) is 10.3. The molecule has 0 unspecified atom stereocenters. The minimum absolute atomic E-state index is 0.105. The number of ether oxygens (including phenoxy) is 1. The highest BCUT2D eigenvalue weighted by atomic mass is 16.5. The zero-order valence-electron chi connectivity index (χ0n) is 12.4. The third kappa shape index (κ3) is 2.78. The van der Waals surface area contributed by atoms with Gasteiger partial charge in [0, 0.05) is 11.1 Å². The Morgan fingerprint density at radius 3 is 2.42 bits per heavy atom. The summed E-state index contributed by atoms with van der Waals surface area (Å²) in [5.74, 6) is 1.24. The molecule has 1 aliphatic rings. The molecule has 19 heavy (non-hydrogen) atoms. The molecule has 0 atom stereocenters. The number of hydrogen-bond acceptors (Lipinski definition) is 2. The molecular weight excluding hydrogens is 236 g/mol. The zero-order valence-corrected chi connectivity index (χ0v) is 12.4. The van der Waals surface area contributed by atoms with Crippen LogP contribution in [0.25, 0.3) is 5.57 Å². The van der Waals surface area contributed by atoms with E-state index >= 15 is 0 Å². The lowest BCUT2D eigenvalue weighted by Crippen LogP contribution is -2.15. The highest BCUT2D eigenvalue weighted by Gasteiger charge is 2.27. The predicted molar refractivity (Wildman–Crippen MR) is 79.8 cm³/mol. The molecule has 0 amide bonds. The lowest BCUT2D eigenvalue weighted by molar-refractivity contribution is 0.403. The highest BCUT2D eigenvalue weighted by molar-refractivity contribution is 5.76. The number of allylic oxidation sites excluding steroid dienone is 2. The van der Waals surface area contributed by atoms with E-state index in [0.29, 0.717) is 5.75 Å². The molecule has 1 aromatic rings. The van der Waals surface area contributed by atoms with Crippen LogP contribution in [0.15, 0.2) is 18.2 Å². The molecule has 0 fully saturated rings. The van der Waals surface area contributed by atoms with E-state index in [2.05, 4.69) is 26.8 Å². The van der Waals surface area contributed by atoms with Crippen molar-refractivity contribution in [1.29, 1.82) is 0 Å². The molecule has 104 valence electrons. The second-order valence-electron chi connectivity index (χ2n) is 6.26. The van der Waals surface area contributed by atoms with Crippen molar-refractivity contribution in [2.45, 2.75) is 51.9 Å². The maximum absolute atomic E-state index is 10.3. The number of phenolic OH excluding ortho intramolecular Hbond substituents is 1. The van der Waals surface area contributed by atoms with E-state index in [4.69, 9.17) is 4.74 Å². The normalized spacial score (nSPS) is 16.1.